The number of aromatic nitrogens is 2. The summed E-state index contributed by atoms with van der Waals surface area (Å²) in [5.41, 5.74) is 8.11. The van der Waals surface area contributed by atoms with Gasteiger partial charge >= 0.3 is 0 Å². The Morgan fingerprint density at radius 1 is 1.09 bits per heavy atom. The maximum atomic E-state index is 12.9. The number of fused-ring (bicyclic) bond motifs is 1. The van der Waals surface area contributed by atoms with Crippen LogP contribution >= 0.6 is 0 Å². The Hall–Kier alpha value is -4.40. The maximum Gasteiger partial charge on any atom is 0.255 e. The molecule has 4 N–H and O–H groups in total. The van der Waals surface area contributed by atoms with Gasteiger partial charge < -0.3 is 16.4 Å². The predicted octanol–water partition coefficient (Wildman–Crippen LogP) is 1.61. The second-order valence-electron chi connectivity index (χ2n) is 8.50. The standard InChI is InChI=1S/C26H27N7O2/c27-24(35)21(16-18-8-3-1-4-9-18)29-25-28-13-12-22(31-25)32-14-7-15-33-23(34)17-20(30-26(32)33)19-10-5-2-6-11-19/h1-6,8-12,17,21H,7,13-16H2,(H2,27,35)(H2,28,29,31). The van der Waals surface area contributed by atoms with Crippen molar-refractivity contribution >= 4 is 17.8 Å². The molecule has 1 aromatic heterocycles. The van der Waals surface area contributed by atoms with E-state index in [0.29, 0.717) is 43.7 Å². The molecule has 0 aliphatic carbocycles. The minimum absolute atomic E-state index is 0.0846. The van der Waals surface area contributed by atoms with E-state index in [2.05, 4.69) is 15.6 Å². The number of anilines is 1. The lowest BCUT2D eigenvalue weighted by molar-refractivity contribution is -0.119. The number of hydrogen-bond donors (Lipinski definition) is 3. The van der Waals surface area contributed by atoms with Gasteiger partial charge in [0.15, 0.2) is 5.96 Å². The van der Waals surface area contributed by atoms with Gasteiger partial charge in [-0.2, -0.15) is 0 Å². The lowest BCUT2D eigenvalue weighted by Crippen LogP contribution is -2.53. The number of aliphatic imine (C=N–C) groups is 1. The van der Waals surface area contributed by atoms with Gasteiger partial charge in [-0.25, -0.2) is 9.98 Å². The molecule has 3 heterocycles. The van der Waals surface area contributed by atoms with Crippen molar-refractivity contribution in [3.05, 3.63) is 94.5 Å². The molecule has 0 radical (unpaired) electrons. The van der Waals surface area contributed by atoms with Crippen LogP contribution in [-0.2, 0) is 17.8 Å². The van der Waals surface area contributed by atoms with Gasteiger partial charge in [0, 0.05) is 31.1 Å². The Balaban J connectivity index is 1.37. The van der Waals surface area contributed by atoms with Crippen LogP contribution in [-0.4, -0.2) is 40.5 Å². The van der Waals surface area contributed by atoms with Crippen molar-refractivity contribution in [3.63, 3.8) is 0 Å². The van der Waals surface area contributed by atoms with Gasteiger partial charge in [-0.15, -0.1) is 0 Å². The topological polar surface area (TPSA) is 118 Å². The third kappa shape index (κ3) is 4.93. The minimum Gasteiger partial charge on any atom is -0.368 e. The van der Waals surface area contributed by atoms with Crippen LogP contribution in [0.2, 0.25) is 0 Å². The Labute approximate surface area is 203 Å². The molecule has 3 aromatic rings. The van der Waals surface area contributed by atoms with Crippen LogP contribution in [0.4, 0.5) is 5.95 Å². The molecule has 35 heavy (non-hydrogen) atoms. The van der Waals surface area contributed by atoms with Gasteiger partial charge in [0.25, 0.3) is 5.56 Å². The van der Waals surface area contributed by atoms with E-state index in [0.717, 1.165) is 23.4 Å². The Morgan fingerprint density at radius 3 is 2.57 bits per heavy atom. The van der Waals surface area contributed by atoms with Crippen LogP contribution in [0.15, 0.2) is 88.4 Å². The lowest BCUT2D eigenvalue weighted by Gasteiger charge is -2.34. The number of rotatable bonds is 6. The fraction of sp³-hybridized carbons (Fsp3) is 0.231. The summed E-state index contributed by atoms with van der Waals surface area (Å²) in [5, 5.41) is 6.43. The molecule has 1 atom stereocenters. The van der Waals surface area contributed by atoms with E-state index in [1.54, 1.807) is 10.6 Å². The maximum absolute atomic E-state index is 12.9. The zero-order chi connectivity index (χ0) is 24.2. The fourth-order valence-electron chi connectivity index (χ4n) is 4.31. The van der Waals surface area contributed by atoms with Gasteiger partial charge in [-0.3, -0.25) is 19.1 Å². The van der Waals surface area contributed by atoms with Crippen molar-refractivity contribution in [3.8, 4) is 11.3 Å². The number of carbonyl (C=O) groups excluding carboxylic acids is 1. The highest BCUT2D eigenvalue weighted by Crippen LogP contribution is 2.24. The van der Waals surface area contributed by atoms with E-state index in [9.17, 15) is 9.59 Å². The van der Waals surface area contributed by atoms with E-state index in [4.69, 9.17) is 10.7 Å². The Bertz CT molecular complexity index is 1330. The first kappa shape index (κ1) is 22.4. The fourth-order valence-corrected chi connectivity index (χ4v) is 4.31. The normalized spacial score (nSPS) is 15.8. The summed E-state index contributed by atoms with van der Waals surface area (Å²) in [6.07, 6.45) is 3.19. The number of primary amides is 1. The minimum atomic E-state index is -0.623. The van der Waals surface area contributed by atoms with E-state index in [-0.39, 0.29) is 5.56 Å². The molecule has 5 rings (SSSR count). The van der Waals surface area contributed by atoms with Gasteiger partial charge in [0.1, 0.15) is 11.9 Å². The van der Waals surface area contributed by atoms with Crippen molar-refractivity contribution in [1.82, 2.24) is 20.2 Å². The van der Waals surface area contributed by atoms with E-state index >= 15 is 0 Å². The molecule has 178 valence electrons. The molecular weight excluding hydrogens is 442 g/mol. The second kappa shape index (κ2) is 9.84. The summed E-state index contributed by atoms with van der Waals surface area (Å²) >= 11 is 0. The van der Waals surface area contributed by atoms with Crippen molar-refractivity contribution in [2.45, 2.75) is 25.4 Å². The molecule has 0 spiro atoms. The number of hydrogen-bond acceptors (Lipinski definition) is 7. The summed E-state index contributed by atoms with van der Waals surface area (Å²) in [7, 11) is 0. The summed E-state index contributed by atoms with van der Waals surface area (Å²) < 4.78 is 1.69. The van der Waals surface area contributed by atoms with Crippen LogP contribution < -0.4 is 26.8 Å². The van der Waals surface area contributed by atoms with Crippen molar-refractivity contribution < 1.29 is 4.79 Å². The van der Waals surface area contributed by atoms with Crippen molar-refractivity contribution in [2.24, 2.45) is 10.7 Å². The molecule has 0 fully saturated rings. The van der Waals surface area contributed by atoms with E-state index in [1.165, 1.54) is 0 Å². The molecule has 9 heteroatoms. The molecule has 0 saturated carbocycles. The molecule has 2 aromatic carbocycles. The van der Waals surface area contributed by atoms with Crippen LogP contribution in [0.1, 0.15) is 12.0 Å². The highest BCUT2D eigenvalue weighted by atomic mass is 16.1. The summed E-state index contributed by atoms with van der Waals surface area (Å²) in [5.74, 6) is 1.34. The third-order valence-corrected chi connectivity index (χ3v) is 6.07. The average Bonchev–Trinajstić information content (AvgIpc) is 2.89. The zero-order valence-electron chi connectivity index (χ0n) is 19.2. The highest BCUT2D eigenvalue weighted by Gasteiger charge is 2.26. The SMILES string of the molecule is NC(=O)C(Cc1ccccc1)NC1=NCC=C(N2CCCn3c2nc(-c2ccccc2)cc3=O)N1. The van der Waals surface area contributed by atoms with Gasteiger partial charge in [0.05, 0.1) is 12.2 Å². The lowest BCUT2D eigenvalue weighted by atomic mass is 10.1. The monoisotopic (exact) mass is 469 g/mol. The first-order valence-electron chi connectivity index (χ1n) is 11.6. The summed E-state index contributed by atoms with van der Waals surface area (Å²) in [4.78, 5) is 36.4. The molecule has 0 bridgehead atoms. The summed E-state index contributed by atoms with van der Waals surface area (Å²) in [6, 6.07) is 20.3. The molecule has 2 aliphatic rings. The number of amides is 1. The predicted molar refractivity (Wildman–Crippen MR) is 136 cm³/mol. The zero-order valence-corrected chi connectivity index (χ0v) is 19.2. The van der Waals surface area contributed by atoms with E-state index < -0.39 is 11.9 Å². The second-order valence-corrected chi connectivity index (χ2v) is 8.50. The number of guanidine groups is 1. The average molecular weight is 470 g/mol. The number of nitrogens with zero attached hydrogens (tertiary/aromatic N) is 4. The molecular formula is C26H27N7O2. The summed E-state index contributed by atoms with van der Waals surface area (Å²) in [6.45, 7) is 1.72. The van der Waals surface area contributed by atoms with Crippen LogP contribution in [0.3, 0.4) is 0 Å². The number of benzene rings is 2. The van der Waals surface area contributed by atoms with E-state index in [1.807, 2.05) is 71.6 Å². The van der Waals surface area contributed by atoms with Gasteiger partial charge in [0.2, 0.25) is 11.9 Å². The van der Waals surface area contributed by atoms with Gasteiger partial charge in [-0.1, -0.05) is 60.7 Å². The Kier molecular flexibility index (Phi) is 6.30. The number of nitrogens with two attached hydrogens (primary N) is 1. The molecule has 0 saturated heterocycles. The molecule has 9 nitrogen and oxygen atoms in total. The third-order valence-electron chi connectivity index (χ3n) is 6.07. The highest BCUT2D eigenvalue weighted by molar-refractivity contribution is 5.90. The van der Waals surface area contributed by atoms with Crippen molar-refractivity contribution in [2.75, 3.05) is 18.0 Å². The Morgan fingerprint density at radius 2 is 1.83 bits per heavy atom. The number of carbonyl (C=O) groups is 1. The van der Waals surface area contributed by atoms with Gasteiger partial charge in [-0.05, 0) is 18.1 Å². The smallest absolute Gasteiger partial charge is 0.255 e. The molecule has 2 aliphatic heterocycles. The quantitative estimate of drug-likeness (QED) is 0.505. The first-order chi connectivity index (χ1) is 17.1. The van der Waals surface area contributed by atoms with Crippen LogP contribution in [0, 0.1) is 0 Å². The molecule has 1 amide bonds. The first-order valence-corrected chi connectivity index (χ1v) is 11.6. The largest absolute Gasteiger partial charge is 0.368 e. The van der Waals surface area contributed by atoms with Crippen LogP contribution in [0.5, 0.6) is 0 Å². The molecule has 1 unspecified atom stereocenters. The number of nitrogens with one attached hydrogen (secondary N) is 2. The van der Waals surface area contributed by atoms with Crippen LogP contribution in [0.25, 0.3) is 11.3 Å². The van der Waals surface area contributed by atoms with Crippen molar-refractivity contribution in [1.29, 1.82) is 0 Å².